The molecule has 0 aromatic carbocycles. The van der Waals surface area contributed by atoms with E-state index in [0.717, 1.165) is 0 Å². The normalized spacial score (nSPS) is 9.62. The lowest BCUT2D eigenvalue weighted by Crippen LogP contribution is -2.43. The van der Waals surface area contributed by atoms with E-state index in [9.17, 15) is 14.4 Å². The number of aryl methyl sites for hydroxylation is 1. The van der Waals surface area contributed by atoms with Gasteiger partial charge in [-0.05, 0) is 13.0 Å². The fourth-order valence-corrected chi connectivity index (χ4v) is 1.17. The average Bonchev–Trinajstić information content (AvgIpc) is 2.21. The monoisotopic (exact) mass is 223 g/mol. The highest BCUT2D eigenvalue weighted by molar-refractivity contribution is 5.80. The Hall–Kier alpha value is -2.11. The molecular weight excluding hydrogens is 210 g/mol. The number of carbonyl (C=O) groups excluding carboxylic acids is 2. The molecule has 0 spiro atoms. The SMILES string of the molecule is CC(=O)NNC(=O)Cn1c(C)cccc1=O. The quantitative estimate of drug-likeness (QED) is 0.652. The number of amides is 2. The zero-order chi connectivity index (χ0) is 12.1. The number of carbonyl (C=O) groups is 2. The molecule has 0 aliphatic carbocycles. The number of nitrogens with one attached hydrogen (secondary N) is 2. The minimum atomic E-state index is -0.452. The molecule has 0 saturated carbocycles. The molecule has 1 aromatic heterocycles. The first-order chi connectivity index (χ1) is 7.50. The third-order valence-electron chi connectivity index (χ3n) is 1.95. The molecule has 1 heterocycles. The van der Waals surface area contributed by atoms with Crippen LogP contribution in [0.1, 0.15) is 12.6 Å². The lowest BCUT2D eigenvalue weighted by molar-refractivity contribution is -0.128. The first-order valence-corrected chi connectivity index (χ1v) is 4.72. The zero-order valence-electron chi connectivity index (χ0n) is 9.11. The standard InChI is InChI=1S/C10H13N3O3/c1-7-4-3-5-10(16)13(7)6-9(15)12-11-8(2)14/h3-5H,6H2,1-2H3,(H,11,14)(H,12,15). The highest BCUT2D eigenvalue weighted by atomic mass is 16.2. The van der Waals surface area contributed by atoms with Crippen molar-refractivity contribution in [2.45, 2.75) is 20.4 Å². The summed E-state index contributed by atoms with van der Waals surface area (Å²) in [6, 6.07) is 4.73. The van der Waals surface area contributed by atoms with Crippen molar-refractivity contribution in [1.29, 1.82) is 0 Å². The van der Waals surface area contributed by atoms with Crippen LogP contribution in [0.25, 0.3) is 0 Å². The fourth-order valence-electron chi connectivity index (χ4n) is 1.17. The Morgan fingerprint density at radius 2 is 2.00 bits per heavy atom. The maximum atomic E-state index is 11.4. The predicted octanol–water partition coefficient (Wildman–Crippen LogP) is -0.676. The van der Waals surface area contributed by atoms with Gasteiger partial charge in [0, 0.05) is 18.7 Å². The second-order valence-electron chi connectivity index (χ2n) is 3.32. The van der Waals surface area contributed by atoms with Crippen molar-refractivity contribution in [2.24, 2.45) is 0 Å². The molecule has 1 aromatic rings. The van der Waals surface area contributed by atoms with Crippen molar-refractivity contribution in [1.82, 2.24) is 15.4 Å². The molecule has 86 valence electrons. The van der Waals surface area contributed by atoms with Crippen LogP contribution in [-0.4, -0.2) is 16.4 Å². The first kappa shape index (κ1) is 12.0. The van der Waals surface area contributed by atoms with Crippen molar-refractivity contribution in [3.8, 4) is 0 Å². The van der Waals surface area contributed by atoms with Crippen LogP contribution in [0.2, 0.25) is 0 Å². The molecule has 0 radical (unpaired) electrons. The van der Waals surface area contributed by atoms with E-state index < -0.39 is 5.91 Å². The van der Waals surface area contributed by atoms with Crippen LogP contribution in [0.3, 0.4) is 0 Å². The van der Waals surface area contributed by atoms with E-state index in [-0.39, 0.29) is 18.0 Å². The summed E-state index contributed by atoms with van der Waals surface area (Å²) < 4.78 is 1.32. The van der Waals surface area contributed by atoms with Gasteiger partial charge in [0.15, 0.2) is 0 Å². The maximum Gasteiger partial charge on any atom is 0.258 e. The number of nitrogens with zero attached hydrogens (tertiary/aromatic N) is 1. The highest BCUT2D eigenvalue weighted by Crippen LogP contribution is 1.92. The number of pyridine rings is 1. The first-order valence-electron chi connectivity index (χ1n) is 4.72. The third kappa shape index (κ3) is 3.23. The average molecular weight is 223 g/mol. The smallest absolute Gasteiger partial charge is 0.258 e. The topological polar surface area (TPSA) is 80.2 Å². The van der Waals surface area contributed by atoms with Crippen LogP contribution in [0.4, 0.5) is 0 Å². The summed E-state index contributed by atoms with van der Waals surface area (Å²) in [5.74, 6) is -0.822. The van der Waals surface area contributed by atoms with E-state index in [1.54, 1.807) is 19.1 Å². The molecule has 0 aliphatic heterocycles. The summed E-state index contributed by atoms with van der Waals surface area (Å²) in [6.45, 7) is 2.89. The maximum absolute atomic E-state index is 11.4. The van der Waals surface area contributed by atoms with Crippen molar-refractivity contribution in [3.05, 3.63) is 34.2 Å². The van der Waals surface area contributed by atoms with Gasteiger partial charge in [0.05, 0.1) is 0 Å². The van der Waals surface area contributed by atoms with E-state index in [1.165, 1.54) is 17.6 Å². The molecule has 0 bridgehead atoms. The summed E-state index contributed by atoms with van der Waals surface area (Å²) in [6.07, 6.45) is 0. The van der Waals surface area contributed by atoms with Crippen LogP contribution in [0.5, 0.6) is 0 Å². The van der Waals surface area contributed by atoms with Gasteiger partial charge in [0.1, 0.15) is 6.54 Å². The van der Waals surface area contributed by atoms with Crippen molar-refractivity contribution < 1.29 is 9.59 Å². The Kier molecular flexibility index (Phi) is 3.82. The lowest BCUT2D eigenvalue weighted by atomic mass is 10.3. The summed E-state index contributed by atoms with van der Waals surface area (Å²) >= 11 is 0. The van der Waals surface area contributed by atoms with Gasteiger partial charge in [-0.2, -0.15) is 0 Å². The minimum absolute atomic E-state index is 0.119. The molecule has 0 aliphatic rings. The number of hydrazine groups is 1. The van der Waals surface area contributed by atoms with Gasteiger partial charge in [-0.1, -0.05) is 6.07 Å². The molecular formula is C10H13N3O3. The van der Waals surface area contributed by atoms with Gasteiger partial charge in [-0.25, -0.2) is 0 Å². The van der Waals surface area contributed by atoms with Crippen LogP contribution in [-0.2, 0) is 16.1 Å². The van der Waals surface area contributed by atoms with Gasteiger partial charge < -0.3 is 4.57 Å². The Morgan fingerprint density at radius 3 is 2.56 bits per heavy atom. The summed E-state index contributed by atoms with van der Waals surface area (Å²) in [4.78, 5) is 33.3. The molecule has 16 heavy (non-hydrogen) atoms. The lowest BCUT2D eigenvalue weighted by Gasteiger charge is -2.09. The molecule has 0 fully saturated rings. The number of hydrogen-bond donors (Lipinski definition) is 2. The summed E-state index contributed by atoms with van der Waals surface area (Å²) in [5.41, 5.74) is 4.77. The molecule has 0 atom stereocenters. The van der Waals surface area contributed by atoms with Crippen LogP contribution < -0.4 is 16.4 Å². The Balaban J connectivity index is 2.70. The Labute approximate surface area is 92.2 Å². The molecule has 6 heteroatoms. The van der Waals surface area contributed by atoms with E-state index in [1.807, 2.05) is 0 Å². The Bertz CT molecular complexity index is 465. The Morgan fingerprint density at radius 1 is 1.31 bits per heavy atom. The van der Waals surface area contributed by atoms with Crippen LogP contribution >= 0.6 is 0 Å². The van der Waals surface area contributed by atoms with Crippen LogP contribution in [0.15, 0.2) is 23.0 Å². The van der Waals surface area contributed by atoms with E-state index in [2.05, 4.69) is 10.9 Å². The summed E-state index contributed by atoms with van der Waals surface area (Å²) in [5, 5.41) is 0. The van der Waals surface area contributed by atoms with Crippen molar-refractivity contribution in [3.63, 3.8) is 0 Å². The van der Waals surface area contributed by atoms with Gasteiger partial charge >= 0.3 is 0 Å². The van der Waals surface area contributed by atoms with E-state index in [0.29, 0.717) is 5.69 Å². The molecule has 6 nitrogen and oxygen atoms in total. The van der Waals surface area contributed by atoms with Gasteiger partial charge in [0.25, 0.3) is 11.5 Å². The third-order valence-corrected chi connectivity index (χ3v) is 1.95. The number of aromatic nitrogens is 1. The number of rotatable bonds is 2. The van der Waals surface area contributed by atoms with E-state index in [4.69, 9.17) is 0 Å². The van der Waals surface area contributed by atoms with Crippen LogP contribution in [0, 0.1) is 6.92 Å². The predicted molar refractivity (Wildman–Crippen MR) is 57.4 cm³/mol. The fraction of sp³-hybridized carbons (Fsp3) is 0.300. The highest BCUT2D eigenvalue weighted by Gasteiger charge is 2.05. The molecule has 0 unspecified atom stereocenters. The second kappa shape index (κ2) is 5.11. The van der Waals surface area contributed by atoms with Gasteiger partial charge in [-0.15, -0.1) is 0 Å². The van der Waals surface area contributed by atoms with Gasteiger partial charge in [-0.3, -0.25) is 25.2 Å². The number of hydrogen-bond acceptors (Lipinski definition) is 3. The summed E-state index contributed by atoms with van der Waals surface area (Å²) in [7, 11) is 0. The molecule has 1 rings (SSSR count). The molecule has 2 amide bonds. The minimum Gasteiger partial charge on any atom is -0.303 e. The zero-order valence-corrected chi connectivity index (χ0v) is 9.11. The second-order valence-corrected chi connectivity index (χ2v) is 3.32. The van der Waals surface area contributed by atoms with Crippen molar-refractivity contribution >= 4 is 11.8 Å². The molecule has 0 saturated heterocycles. The van der Waals surface area contributed by atoms with E-state index >= 15 is 0 Å². The molecule has 2 N–H and O–H groups in total. The van der Waals surface area contributed by atoms with Crippen molar-refractivity contribution in [2.75, 3.05) is 0 Å². The largest absolute Gasteiger partial charge is 0.303 e. The van der Waals surface area contributed by atoms with Gasteiger partial charge in [0.2, 0.25) is 5.91 Å².